The molecule has 3 amide bonds. The van der Waals surface area contributed by atoms with Gasteiger partial charge in [0, 0.05) is 13.1 Å². The maximum absolute atomic E-state index is 13.3. The Morgan fingerprint density at radius 2 is 1.35 bits per heavy atom. The summed E-state index contributed by atoms with van der Waals surface area (Å²) in [5.41, 5.74) is 10.6. The van der Waals surface area contributed by atoms with Crippen molar-refractivity contribution >= 4 is 17.9 Å². The topological polar surface area (TPSA) is 129 Å². The van der Waals surface area contributed by atoms with E-state index in [2.05, 4.69) is 20.9 Å². The SMILES string of the molecule is NC(=NCc1cccc(CNC(=O)[C@@H](Cc2ccccc2)c2ccccc2)c1)NC(=O)NCc1ccc(O)cc1. The van der Waals surface area contributed by atoms with Crippen molar-refractivity contribution < 1.29 is 14.7 Å². The van der Waals surface area contributed by atoms with Crippen LogP contribution in [0.3, 0.4) is 0 Å². The number of amides is 3. The van der Waals surface area contributed by atoms with Gasteiger partial charge in [0.05, 0.1) is 12.5 Å². The van der Waals surface area contributed by atoms with Crippen molar-refractivity contribution in [3.05, 3.63) is 137 Å². The number of phenolic OH excluding ortho intramolecular Hbond substituents is 1. The maximum Gasteiger partial charge on any atom is 0.321 e. The molecule has 40 heavy (non-hydrogen) atoms. The monoisotopic (exact) mass is 535 g/mol. The third-order valence-corrected chi connectivity index (χ3v) is 6.32. The highest BCUT2D eigenvalue weighted by molar-refractivity contribution is 5.95. The van der Waals surface area contributed by atoms with Crippen molar-refractivity contribution in [2.45, 2.75) is 32.0 Å². The van der Waals surface area contributed by atoms with Gasteiger partial charge in [0.15, 0.2) is 5.96 Å². The summed E-state index contributed by atoms with van der Waals surface area (Å²) in [4.78, 5) is 29.6. The highest BCUT2D eigenvalue weighted by Gasteiger charge is 2.20. The Bertz CT molecular complexity index is 1420. The first kappa shape index (κ1) is 27.9. The highest BCUT2D eigenvalue weighted by Crippen LogP contribution is 2.21. The minimum atomic E-state index is -0.478. The third kappa shape index (κ3) is 8.73. The van der Waals surface area contributed by atoms with Crippen LogP contribution in [-0.2, 0) is 30.8 Å². The molecule has 1 atom stereocenters. The van der Waals surface area contributed by atoms with Crippen LogP contribution in [0.1, 0.15) is 33.7 Å². The summed E-state index contributed by atoms with van der Waals surface area (Å²) in [5, 5.41) is 17.6. The maximum atomic E-state index is 13.3. The molecule has 0 bridgehead atoms. The number of aromatic hydroxyl groups is 1. The van der Waals surface area contributed by atoms with Crippen molar-refractivity contribution in [1.29, 1.82) is 0 Å². The number of nitrogens with one attached hydrogen (secondary N) is 3. The zero-order valence-corrected chi connectivity index (χ0v) is 22.1. The number of nitrogens with two attached hydrogens (primary N) is 1. The second-order valence-electron chi connectivity index (χ2n) is 9.37. The molecule has 0 saturated carbocycles. The summed E-state index contributed by atoms with van der Waals surface area (Å²) in [6, 6.07) is 33.6. The number of rotatable bonds is 10. The number of carbonyl (C=O) groups is 2. The number of aliphatic imine (C=N–C) groups is 1. The average molecular weight is 536 g/mol. The molecule has 0 unspecified atom stereocenters. The second kappa shape index (κ2) is 14.2. The predicted molar refractivity (Wildman–Crippen MR) is 156 cm³/mol. The Labute approximate surface area is 234 Å². The lowest BCUT2D eigenvalue weighted by atomic mass is 9.91. The van der Waals surface area contributed by atoms with Gasteiger partial charge in [0.1, 0.15) is 5.75 Å². The Kier molecular flexibility index (Phi) is 9.88. The standard InChI is InChI=1S/C32H33N5O3/c33-31(37-32(40)36-20-24-14-16-28(38)17-15-24)35-22-26-11-7-10-25(18-26)21-34-30(39)29(27-12-5-2-6-13-27)19-23-8-3-1-4-9-23/h1-18,29,38H,19-22H2,(H,34,39)(H4,33,35,36,37,40)/t29-/m0/s1. The predicted octanol–water partition coefficient (Wildman–Crippen LogP) is 4.35. The summed E-state index contributed by atoms with van der Waals surface area (Å²) in [7, 11) is 0. The summed E-state index contributed by atoms with van der Waals surface area (Å²) in [6.07, 6.45) is 0.611. The van der Waals surface area contributed by atoms with E-state index in [9.17, 15) is 14.7 Å². The summed E-state index contributed by atoms with van der Waals surface area (Å²) in [5.74, 6) is -0.184. The fourth-order valence-electron chi connectivity index (χ4n) is 4.22. The molecule has 0 aromatic heterocycles. The molecule has 4 aromatic rings. The molecule has 0 aliphatic carbocycles. The van der Waals surface area contributed by atoms with Gasteiger partial charge in [-0.3, -0.25) is 10.1 Å². The molecule has 8 nitrogen and oxygen atoms in total. The number of benzene rings is 4. The van der Waals surface area contributed by atoms with Crippen LogP contribution in [0.2, 0.25) is 0 Å². The van der Waals surface area contributed by atoms with E-state index in [1.165, 1.54) is 0 Å². The van der Waals surface area contributed by atoms with E-state index >= 15 is 0 Å². The Balaban J connectivity index is 1.30. The number of urea groups is 1. The van der Waals surface area contributed by atoms with Crippen molar-refractivity contribution in [2.75, 3.05) is 0 Å². The van der Waals surface area contributed by atoms with Gasteiger partial charge in [-0.15, -0.1) is 0 Å². The molecular weight excluding hydrogens is 502 g/mol. The quantitative estimate of drug-likeness (QED) is 0.153. The normalized spacial score (nSPS) is 11.8. The largest absolute Gasteiger partial charge is 0.508 e. The fourth-order valence-corrected chi connectivity index (χ4v) is 4.22. The molecule has 0 saturated heterocycles. The fraction of sp³-hybridized carbons (Fsp3) is 0.156. The van der Waals surface area contributed by atoms with Crippen LogP contribution < -0.4 is 21.7 Å². The molecule has 0 aliphatic rings. The lowest BCUT2D eigenvalue weighted by Gasteiger charge is -2.18. The van der Waals surface area contributed by atoms with Crippen LogP contribution in [0.15, 0.2) is 114 Å². The molecule has 4 rings (SSSR count). The zero-order valence-electron chi connectivity index (χ0n) is 22.1. The first-order valence-corrected chi connectivity index (χ1v) is 13.0. The molecular formula is C32H33N5O3. The van der Waals surface area contributed by atoms with E-state index in [1.807, 2.05) is 84.9 Å². The number of nitrogens with zero attached hydrogens (tertiary/aromatic N) is 1. The molecule has 0 spiro atoms. The zero-order chi connectivity index (χ0) is 28.2. The lowest BCUT2D eigenvalue weighted by Crippen LogP contribution is -2.43. The Morgan fingerprint density at radius 3 is 2.08 bits per heavy atom. The molecule has 0 heterocycles. The van der Waals surface area contributed by atoms with Gasteiger partial charge in [-0.05, 0) is 46.4 Å². The van der Waals surface area contributed by atoms with Gasteiger partial charge in [0.25, 0.3) is 0 Å². The van der Waals surface area contributed by atoms with Crippen LogP contribution in [0, 0.1) is 0 Å². The molecule has 8 heteroatoms. The van der Waals surface area contributed by atoms with Gasteiger partial charge in [-0.25, -0.2) is 9.79 Å². The number of hydrogen-bond acceptors (Lipinski definition) is 4. The van der Waals surface area contributed by atoms with Gasteiger partial charge < -0.3 is 21.5 Å². The number of guanidine groups is 1. The van der Waals surface area contributed by atoms with Crippen LogP contribution in [-0.4, -0.2) is 23.0 Å². The van der Waals surface area contributed by atoms with E-state index in [0.29, 0.717) is 13.0 Å². The highest BCUT2D eigenvalue weighted by atomic mass is 16.3. The van der Waals surface area contributed by atoms with Crippen LogP contribution >= 0.6 is 0 Å². The minimum absolute atomic E-state index is 0.00599. The summed E-state index contributed by atoms with van der Waals surface area (Å²) >= 11 is 0. The second-order valence-corrected chi connectivity index (χ2v) is 9.37. The first-order chi connectivity index (χ1) is 19.5. The smallest absolute Gasteiger partial charge is 0.321 e. The summed E-state index contributed by atoms with van der Waals surface area (Å²) < 4.78 is 0. The Hall–Kier alpha value is -5.11. The third-order valence-electron chi connectivity index (χ3n) is 6.32. The molecule has 6 N–H and O–H groups in total. The number of phenols is 1. The van der Waals surface area contributed by atoms with Gasteiger partial charge in [-0.2, -0.15) is 0 Å². The lowest BCUT2D eigenvalue weighted by molar-refractivity contribution is -0.122. The van der Waals surface area contributed by atoms with Gasteiger partial charge in [0.2, 0.25) is 5.91 Å². The first-order valence-electron chi connectivity index (χ1n) is 13.0. The van der Waals surface area contributed by atoms with Crippen molar-refractivity contribution in [1.82, 2.24) is 16.0 Å². The van der Waals surface area contributed by atoms with E-state index in [-0.39, 0.29) is 36.6 Å². The molecule has 0 fully saturated rings. The van der Waals surface area contributed by atoms with Gasteiger partial charge >= 0.3 is 6.03 Å². The van der Waals surface area contributed by atoms with E-state index in [4.69, 9.17) is 5.73 Å². The van der Waals surface area contributed by atoms with E-state index < -0.39 is 6.03 Å². The van der Waals surface area contributed by atoms with Crippen molar-refractivity contribution in [3.63, 3.8) is 0 Å². The molecule has 4 aromatic carbocycles. The minimum Gasteiger partial charge on any atom is -0.508 e. The van der Waals surface area contributed by atoms with Crippen molar-refractivity contribution in [3.8, 4) is 5.75 Å². The van der Waals surface area contributed by atoms with Gasteiger partial charge in [-0.1, -0.05) is 97.1 Å². The average Bonchev–Trinajstić information content (AvgIpc) is 2.98. The van der Waals surface area contributed by atoms with Crippen LogP contribution in [0.5, 0.6) is 5.75 Å². The Morgan fingerprint density at radius 1 is 0.725 bits per heavy atom. The molecule has 0 aliphatic heterocycles. The number of carbonyl (C=O) groups excluding carboxylic acids is 2. The molecule has 0 radical (unpaired) electrons. The van der Waals surface area contributed by atoms with Crippen molar-refractivity contribution in [2.24, 2.45) is 10.7 Å². The van der Waals surface area contributed by atoms with Crippen LogP contribution in [0.25, 0.3) is 0 Å². The van der Waals surface area contributed by atoms with Crippen LogP contribution in [0.4, 0.5) is 4.79 Å². The summed E-state index contributed by atoms with van der Waals surface area (Å²) in [6.45, 7) is 0.929. The van der Waals surface area contributed by atoms with E-state index in [1.54, 1.807) is 24.3 Å². The molecule has 204 valence electrons. The van der Waals surface area contributed by atoms with E-state index in [0.717, 1.165) is 27.8 Å². The number of hydrogen-bond donors (Lipinski definition) is 5.